The quantitative estimate of drug-likeness (QED) is 0.240. The smallest absolute Gasteiger partial charge is 0.247 e. The van der Waals surface area contributed by atoms with Crippen LogP contribution in [0.5, 0.6) is 0 Å². The molecule has 22 heavy (non-hydrogen) atoms. The highest BCUT2D eigenvalue weighted by Gasteiger charge is 2.26. The van der Waals surface area contributed by atoms with E-state index in [1.807, 2.05) is 0 Å². The maximum absolute atomic E-state index is 11.5. The predicted octanol–water partition coefficient (Wildman–Crippen LogP) is 1.60. The van der Waals surface area contributed by atoms with E-state index >= 15 is 0 Å². The Balaban J connectivity index is 4.89. The van der Waals surface area contributed by atoms with E-state index < -0.39 is 10.1 Å². The lowest BCUT2D eigenvalue weighted by molar-refractivity contribution is -0.930. The molecule has 0 aliphatic rings. The number of quaternary nitrogens is 1. The van der Waals surface area contributed by atoms with Crippen molar-refractivity contribution in [2.24, 2.45) is 0 Å². The number of nitrogens with zero attached hydrogens (tertiary/aromatic N) is 1. The van der Waals surface area contributed by atoms with Crippen LogP contribution in [-0.4, -0.2) is 55.4 Å². The molecule has 0 aromatic carbocycles. The normalized spacial score (nSPS) is 12.1. The van der Waals surface area contributed by atoms with Gasteiger partial charge in [-0.05, 0) is 18.9 Å². The highest BCUT2D eigenvalue weighted by molar-refractivity contribution is 7.85. The molecule has 0 bridgehead atoms. The number of hydrogen-bond acceptors (Lipinski definition) is 4. The summed E-state index contributed by atoms with van der Waals surface area (Å²) in [6.07, 6.45) is 5.61. The highest BCUT2D eigenvalue weighted by Crippen LogP contribution is 2.13. The second-order valence-electron chi connectivity index (χ2n) is 5.74. The van der Waals surface area contributed by atoms with Gasteiger partial charge in [-0.3, -0.25) is 4.79 Å². The SMILES string of the molecule is C=CC(=O)NC[N+](CCCC)(CCCC)CCCS(=O)(=O)[O-]. The molecule has 0 saturated carbocycles. The minimum absolute atomic E-state index is 0.230. The van der Waals surface area contributed by atoms with Crippen LogP contribution in [-0.2, 0) is 14.9 Å². The van der Waals surface area contributed by atoms with E-state index in [2.05, 4.69) is 25.7 Å². The standard InChI is InChI=1S/C15H30N2O4S/c1-4-7-10-17(11-8-5-2,14-16-15(18)6-3)12-9-13-22(19,20)21/h6H,3-5,7-14H2,1-2H3,(H-,16,18,19,20,21). The zero-order chi connectivity index (χ0) is 17.1. The van der Waals surface area contributed by atoms with Crippen molar-refractivity contribution in [3.63, 3.8) is 0 Å². The van der Waals surface area contributed by atoms with Gasteiger partial charge in [-0.2, -0.15) is 0 Å². The van der Waals surface area contributed by atoms with E-state index in [-0.39, 0.29) is 11.7 Å². The van der Waals surface area contributed by atoms with Crippen LogP contribution in [0.15, 0.2) is 12.7 Å². The van der Waals surface area contributed by atoms with Crippen molar-refractivity contribution in [2.45, 2.75) is 46.0 Å². The average molecular weight is 334 g/mol. The minimum Gasteiger partial charge on any atom is -0.748 e. The molecule has 1 amide bonds. The van der Waals surface area contributed by atoms with E-state index in [4.69, 9.17) is 0 Å². The van der Waals surface area contributed by atoms with Crippen LogP contribution < -0.4 is 5.32 Å². The monoisotopic (exact) mass is 334 g/mol. The lowest BCUT2D eigenvalue weighted by atomic mass is 10.2. The maximum atomic E-state index is 11.5. The molecule has 0 fully saturated rings. The molecule has 0 saturated heterocycles. The number of hydrogen-bond donors (Lipinski definition) is 1. The fourth-order valence-corrected chi connectivity index (χ4v) is 2.94. The maximum Gasteiger partial charge on any atom is 0.247 e. The molecule has 0 rings (SSSR count). The van der Waals surface area contributed by atoms with Gasteiger partial charge in [-0.15, -0.1) is 0 Å². The van der Waals surface area contributed by atoms with Crippen molar-refractivity contribution in [3.05, 3.63) is 12.7 Å². The van der Waals surface area contributed by atoms with Gasteiger partial charge in [0.05, 0.1) is 29.8 Å². The highest BCUT2D eigenvalue weighted by atomic mass is 32.2. The first-order chi connectivity index (χ1) is 10.3. The second kappa shape index (κ2) is 10.7. The molecule has 0 aromatic heterocycles. The molecular weight excluding hydrogens is 304 g/mol. The van der Waals surface area contributed by atoms with E-state index in [0.29, 0.717) is 24.1 Å². The van der Waals surface area contributed by atoms with Crippen LogP contribution in [0.25, 0.3) is 0 Å². The minimum atomic E-state index is -4.19. The molecule has 0 atom stereocenters. The molecule has 130 valence electrons. The van der Waals surface area contributed by atoms with Gasteiger partial charge in [-0.25, -0.2) is 8.42 Å². The number of nitrogens with one attached hydrogen (secondary N) is 1. The summed E-state index contributed by atoms with van der Waals surface area (Å²) in [5.74, 6) is -0.576. The zero-order valence-electron chi connectivity index (χ0n) is 13.8. The van der Waals surface area contributed by atoms with Crippen LogP contribution in [0.4, 0.5) is 0 Å². The van der Waals surface area contributed by atoms with Crippen molar-refractivity contribution in [2.75, 3.05) is 32.1 Å². The van der Waals surface area contributed by atoms with Crippen molar-refractivity contribution >= 4 is 16.0 Å². The number of rotatable bonds is 13. The summed E-state index contributed by atoms with van der Waals surface area (Å²) in [6.45, 7) is 10.4. The zero-order valence-corrected chi connectivity index (χ0v) is 14.7. The Morgan fingerprint density at radius 3 is 2.05 bits per heavy atom. The molecular formula is C15H30N2O4S. The molecule has 6 nitrogen and oxygen atoms in total. The summed E-state index contributed by atoms with van der Waals surface area (Å²) in [5.41, 5.74) is 0. The molecule has 0 spiro atoms. The van der Waals surface area contributed by atoms with Gasteiger partial charge in [0.25, 0.3) is 0 Å². The number of amides is 1. The van der Waals surface area contributed by atoms with Gasteiger partial charge in [0.2, 0.25) is 5.91 Å². The molecule has 7 heteroatoms. The number of carbonyl (C=O) groups excluding carboxylic acids is 1. The van der Waals surface area contributed by atoms with Gasteiger partial charge in [-0.1, -0.05) is 33.3 Å². The Hall–Kier alpha value is -0.920. The first-order valence-electron chi connectivity index (χ1n) is 7.97. The molecule has 0 heterocycles. The van der Waals surface area contributed by atoms with E-state index in [0.717, 1.165) is 38.8 Å². The Bertz CT molecular complexity index is 427. The number of unbranched alkanes of at least 4 members (excludes halogenated alkanes) is 2. The van der Waals surface area contributed by atoms with Gasteiger partial charge in [0, 0.05) is 12.2 Å². The lowest BCUT2D eigenvalue weighted by Crippen LogP contribution is -2.56. The predicted molar refractivity (Wildman–Crippen MR) is 87.1 cm³/mol. The van der Waals surface area contributed by atoms with Crippen molar-refractivity contribution in [3.8, 4) is 0 Å². The molecule has 0 unspecified atom stereocenters. The number of carbonyl (C=O) groups is 1. The van der Waals surface area contributed by atoms with Crippen LogP contribution in [0.1, 0.15) is 46.0 Å². The average Bonchev–Trinajstić information content (AvgIpc) is 2.46. The Kier molecular flexibility index (Phi) is 10.3. The summed E-state index contributed by atoms with van der Waals surface area (Å²) in [7, 11) is -4.19. The summed E-state index contributed by atoms with van der Waals surface area (Å²) in [4.78, 5) is 11.5. The first-order valence-corrected chi connectivity index (χ1v) is 9.55. The third-order valence-electron chi connectivity index (χ3n) is 3.77. The molecule has 0 aromatic rings. The fraction of sp³-hybridized carbons (Fsp3) is 0.800. The van der Waals surface area contributed by atoms with Crippen LogP contribution in [0.2, 0.25) is 0 Å². The first kappa shape index (κ1) is 21.1. The molecule has 0 aliphatic heterocycles. The van der Waals surface area contributed by atoms with E-state index in [9.17, 15) is 17.8 Å². The van der Waals surface area contributed by atoms with Crippen molar-refractivity contribution in [1.82, 2.24) is 5.32 Å². The largest absolute Gasteiger partial charge is 0.748 e. The van der Waals surface area contributed by atoms with Gasteiger partial charge in [0.1, 0.15) is 0 Å². The molecule has 1 N–H and O–H groups in total. The van der Waals surface area contributed by atoms with Crippen LogP contribution >= 0.6 is 0 Å². The van der Waals surface area contributed by atoms with E-state index in [1.165, 1.54) is 6.08 Å². The lowest BCUT2D eigenvalue weighted by Gasteiger charge is -2.39. The van der Waals surface area contributed by atoms with Crippen molar-refractivity contribution < 1.29 is 22.2 Å². The Morgan fingerprint density at radius 1 is 1.14 bits per heavy atom. The third kappa shape index (κ3) is 9.92. The van der Waals surface area contributed by atoms with Gasteiger partial charge in [0.15, 0.2) is 6.67 Å². The van der Waals surface area contributed by atoms with E-state index in [1.54, 1.807) is 0 Å². The molecule has 0 aliphatic carbocycles. The Morgan fingerprint density at radius 2 is 1.64 bits per heavy atom. The summed E-state index contributed by atoms with van der Waals surface area (Å²) >= 11 is 0. The van der Waals surface area contributed by atoms with Gasteiger partial charge >= 0.3 is 0 Å². The fourth-order valence-electron chi connectivity index (χ4n) is 2.45. The second-order valence-corrected chi connectivity index (χ2v) is 7.26. The third-order valence-corrected chi connectivity index (χ3v) is 4.56. The Labute approximate surface area is 134 Å². The molecule has 0 radical (unpaired) electrons. The summed E-state index contributed by atoms with van der Waals surface area (Å²) in [5, 5.41) is 2.83. The topological polar surface area (TPSA) is 86.3 Å². The summed E-state index contributed by atoms with van der Waals surface area (Å²) in [6, 6.07) is 0. The van der Waals surface area contributed by atoms with Crippen LogP contribution in [0, 0.1) is 0 Å². The van der Waals surface area contributed by atoms with Gasteiger partial charge < -0.3 is 14.4 Å². The van der Waals surface area contributed by atoms with Crippen LogP contribution in [0.3, 0.4) is 0 Å². The van der Waals surface area contributed by atoms with Crippen molar-refractivity contribution in [1.29, 1.82) is 0 Å². The summed E-state index contributed by atoms with van der Waals surface area (Å²) < 4.78 is 33.1.